The van der Waals surface area contributed by atoms with Crippen LogP contribution in [0, 0.1) is 0 Å². The lowest BCUT2D eigenvalue weighted by Gasteiger charge is -2.36. The third-order valence-corrected chi connectivity index (χ3v) is 5.74. The highest BCUT2D eigenvalue weighted by Gasteiger charge is 2.38. The molecule has 4 rings (SSSR count). The Morgan fingerprint density at radius 3 is 1.11 bits per heavy atom. The zero-order valence-corrected chi connectivity index (χ0v) is 21.3. The van der Waals surface area contributed by atoms with E-state index >= 15 is 0 Å². The van der Waals surface area contributed by atoms with Crippen LogP contribution in [-0.4, -0.2) is 22.0 Å². The van der Waals surface area contributed by atoms with Crippen molar-refractivity contribution in [3.8, 4) is 0 Å². The molecule has 4 aromatic rings. The summed E-state index contributed by atoms with van der Waals surface area (Å²) in [4.78, 5) is 25.6. The van der Waals surface area contributed by atoms with Crippen molar-refractivity contribution in [3.05, 3.63) is 132 Å². The summed E-state index contributed by atoms with van der Waals surface area (Å²) >= 11 is 11.1. The van der Waals surface area contributed by atoms with Crippen LogP contribution < -0.4 is 26.2 Å². The van der Waals surface area contributed by atoms with E-state index < -0.39 is 0 Å². The lowest BCUT2D eigenvalue weighted by atomic mass is 10.2. The Balaban J connectivity index is 1.67. The van der Waals surface area contributed by atoms with Gasteiger partial charge >= 0.3 is 0 Å². The molecular weight excluding hydrogens is 502 g/mol. The van der Waals surface area contributed by atoms with Crippen LogP contribution in [-0.2, 0) is 0 Å². The summed E-state index contributed by atoms with van der Waals surface area (Å²) < 4.78 is -0.316. The van der Waals surface area contributed by atoms with Gasteiger partial charge in [0.25, 0.3) is 11.8 Å². The average Bonchev–Trinajstić information content (AvgIpc) is 2.94. The van der Waals surface area contributed by atoms with E-state index in [9.17, 15) is 9.59 Å². The third kappa shape index (κ3) is 6.42. The second-order valence-electron chi connectivity index (χ2n) is 7.86. The van der Waals surface area contributed by atoms with E-state index in [2.05, 4.69) is 21.5 Å². The van der Waals surface area contributed by atoms with Crippen LogP contribution in [0.3, 0.4) is 0 Å². The van der Waals surface area contributed by atoms with Gasteiger partial charge < -0.3 is 0 Å². The molecule has 0 aliphatic rings. The SMILES string of the molecule is O=C(NC(=S)N[N+](NC(=S)NC(=O)c1ccccc1)(c1ccccc1)c1ccccc1)c1ccccc1. The number of hydrogen-bond acceptors (Lipinski definition) is 4. The minimum absolute atomic E-state index is 0.0474. The highest BCUT2D eigenvalue weighted by atomic mass is 32.1. The van der Waals surface area contributed by atoms with Crippen molar-refractivity contribution < 1.29 is 9.59 Å². The average molecular weight is 527 g/mol. The van der Waals surface area contributed by atoms with Gasteiger partial charge in [-0.3, -0.25) is 20.2 Å². The number of thiocarbonyl (C=S) groups is 2. The second-order valence-corrected chi connectivity index (χ2v) is 8.68. The van der Waals surface area contributed by atoms with Crippen molar-refractivity contribution in [2.45, 2.75) is 0 Å². The fourth-order valence-corrected chi connectivity index (χ4v) is 4.09. The Labute approximate surface area is 225 Å². The fourth-order valence-electron chi connectivity index (χ4n) is 3.63. The number of rotatable bonds is 6. The lowest BCUT2D eigenvalue weighted by molar-refractivity contribution is 0.0969. The van der Waals surface area contributed by atoms with Crippen LogP contribution >= 0.6 is 24.4 Å². The zero-order valence-electron chi connectivity index (χ0n) is 19.6. The number of benzene rings is 4. The van der Waals surface area contributed by atoms with Crippen LogP contribution in [0.4, 0.5) is 11.4 Å². The lowest BCUT2D eigenvalue weighted by Crippen LogP contribution is -2.70. The van der Waals surface area contributed by atoms with Gasteiger partial charge in [-0.1, -0.05) is 77.5 Å². The number of para-hydroxylation sites is 2. The summed E-state index contributed by atoms with van der Waals surface area (Å²) in [6.07, 6.45) is 0. The number of nitrogens with zero attached hydrogens (tertiary/aromatic N) is 1. The van der Waals surface area contributed by atoms with E-state index in [4.69, 9.17) is 24.4 Å². The molecule has 0 heterocycles. The molecule has 2 amide bonds. The Morgan fingerprint density at radius 2 is 0.784 bits per heavy atom. The number of carbonyl (C=O) groups excluding carboxylic acids is 2. The highest BCUT2D eigenvalue weighted by Crippen LogP contribution is 2.30. The first kappa shape index (κ1) is 25.6. The summed E-state index contributed by atoms with van der Waals surface area (Å²) in [5.74, 6) is -0.727. The van der Waals surface area contributed by atoms with Gasteiger partial charge in [0.1, 0.15) is 0 Å². The monoisotopic (exact) mass is 526 g/mol. The summed E-state index contributed by atoms with van der Waals surface area (Å²) in [6.45, 7) is 0. The molecule has 7 nitrogen and oxygen atoms in total. The first-order chi connectivity index (χ1) is 18.0. The normalized spacial score (nSPS) is 10.6. The molecule has 0 unspecified atom stereocenters. The van der Waals surface area contributed by atoms with E-state index in [1.165, 1.54) is 0 Å². The quantitative estimate of drug-likeness (QED) is 0.165. The topological polar surface area (TPSA) is 82.3 Å². The minimum Gasteiger partial charge on any atom is -0.295 e. The van der Waals surface area contributed by atoms with Crippen molar-refractivity contribution in [2.75, 3.05) is 0 Å². The van der Waals surface area contributed by atoms with Crippen molar-refractivity contribution in [2.24, 2.45) is 0 Å². The smallest absolute Gasteiger partial charge is 0.257 e. The molecule has 0 saturated heterocycles. The number of carbonyl (C=O) groups is 2. The first-order valence-electron chi connectivity index (χ1n) is 11.4. The van der Waals surface area contributed by atoms with Gasteiger partial charge in [-0.15, -0.1) is 0 Å². The molecule has 0 aliphatic heterocycles. The standard InChI is InChI=1S/C28H23N5O2S2/c34-25(21-13-5-1-6-14-21)29-27(36)31-33(23-17-9-3-10-18-23,24-19-11-4-12-20-24)32-28(37)30-26(35)22-15-7-2-8-16-22/h1-20H,(H3-,29,30,31,32,34,35,36,37)/p+1. The van der Waals surface area contributed by atoms with Gasteiger partial charge in [0.2, 0.25) is 10.2 Å². The maximum absolute atomic E-state index is 12.8. The Hall–Kier alpha value is -4.44. The Morgan fingerprint density at radius 1 is 0.486 bits per heavy atom. The van der Waals surface area contributed by atoms with Gasteiger partial charge in [-0.05, 0) is 48.7 Å². The van der Waals surface area contributed by atoms with Crippen LogP contribution in [0.15, 0.2) is 121 Å². The molecule has 0 radical (unpaired) electrons. The van der Waals surface area contributed by atoms with Crippen LogP contribution in [0.1, 0.15) is 20.7 Å². The number of quaternary nitrogens is 1. The van der Waals surface area contributed by atoms with Crippen molar-refractivity contribution in [1.29, 1.82) is 0 Å². The molecule has 184 valence electrons. The van der Waals surface area contributed by atoms with Crippen molar-refractivity contribution >= 4 is 57.8 Å². The largest absolute Gasteiger partial charge is 0.295 e. The molecule has 0 atom stereocenters. The summed E-state index contributed by atoms with van der Waals surface area (Å²) in [6, 6.07) is 36.2. The Bertz CT molecular complexity index is 1280. The summed E-state index contributed by atoms with van der Waals surface area (Å²) in [5, 5.41) is 5.55. The van der Waals surface area contributed by atoms with Crippen molar-refractivity contribution in [1.82, 2.24) is 26.2 Å². The maximum Gasteiger partial charge on any atom is 0.257 e. The van der Waals surface area contributed by atoms with Gasteiger partial charge in [0, 0.05) is 35.4 Å². The van der Waals surface area contributed by atoms with E-state index in [0.29, 0.717) is 22.5 Å². The molecule has 37 heavy (non-hydrogen) atoms. The minimum atomic E-state index is -0.364. The van der Waals surface area contributed by atoms with Crippen LogP contribution in [0.25, 0.3) is 0 Å². The number of amides is 2. The van der Waals surface area contributed by atoms with Gasteiger partial charge in [0.15, 0.2) is 11.4 Å². The van der Waals surface area contributed by atoms with Crippen LogP contribution in [0.5, 0.6) is 0 Å². The van der Waals surface area contributed by atoms with Gasteiger partial charge in [-0.25, -0.2) is 0 Å². The molecule has 0 bridgehead atoms. The maximum atomic E-state index is 12.8. The predicted molar refractivity (Wildman–Crippen MR) is 154 cm³/mol. The number of hydrogen-bond donors (Lipinski definition) is 4. The number of nitrogens with one attached hydrogen (secondary N) is 4. The molecular formula is C28H24N5O2S2+. The molecule has 0 fully saturated rings. The third-order valence-electron chi connectivity index (χ3n) is 5.35. The van der Waals surface area contributed by atoms with Crippen LogP contribution in [0.2, 0.25) is 0 Å². The second kappa shape index (κ2) is 12.0. The van der Waals surface area contributed by atoms with Gasteiger partial charge in [-0.2, -0.15) is 10.9 Å². The molecule has 9 heteroatoms. The predicted octanol–water partition coefficient (Wildman–Crippen LogP) is 4.76. The summed E-state index contributed by atoms with van der Waals surface area (Å²) in [5.41, 5.74) is 8.70. The molecule has 0 saturated carbocycles. The first-order valence-corrected chi connectivity index (χ1v) is 12.2. The molecule has 0 aromatic heterocycles. The molecule has 4 N–H and O–H groups in total. The summed E-state index contributed by atoms with van der Waals surface area (Å²) in [7, 11) is 0. The highest BCUT2D eigenvalue weighted by molar-refractivity contribution is 7.80. The van der Waals surface area contributed by atoms with Gasteiger partial charge in [0.05, 0.1) is 0 Å². The zero-order chi connectivity index (χ0) is 26.1. The van der Waals surface area contributed by atoms with E-state index in [1.54, 1.807) is 48.5 Å². The fraction of sp³-hybridized carbons (Fsp3) is 0. The van der Waals surface area contributed by atoms with E-state index in [-0.39, 0.29) is 26.7 Å². The van der Waals surface area contributed by atoms with E-state index in [1.807, 2.05) is 72.8 Å². The molecule has 0 aliphatic carbocycles. The molecule has 0 spiro atoms. The van der Waals surface area contributed by atoms with Crippen molar-refractivity contribution in [3.63, 3.8) is 0 Å². The molecule has 4 aromatic carbocycles. The van der Waals surface area contributed by atoms with E-state index in [0.717, 1.165) is 0 Å². The Kier molecular flexibility index (Phi) is 8.32.